The van der Waals surface area contributed by atoms with Crippen LogP contribution in [0.3, 0.4) is 0 Å². The van der Waals surface area contributed by atoms with Crippen LogP contribution in [-0.4, -0.2) is 42.9 Å². The molecule has 1 saturated carbocycles. The largest absolute Gasteiger partial charge is 0.359 e. The van der Waals surface area contributed by atoms with Gasteiger partial charge in [-0.15, -0.1) is 0 Å². The molecular formula is C19H29N3O2S. The Morgan fingerprint density at radius 2 is 2.08 bits per heavy atom. The minimum Gasteiger partial charge on any atom is -0.359 e. The van der Waals surface area contributed by atoms with Crippen molar-refractivity contribution in [3.63, 3.8) is 0 Å². The van der Waals surface area contributed by atoms with E-state index in [0.717, 1.165) is 38.9 Å². The molecule has 1 aromatic rings. The van der Waals surface area contributed by atoms with Gasteiger partial charge in [-0.05, 0) is 73.0 Å². The molecule has 138 valence electrons. The lowest BCUT2D eigenvalue weighted by Crippen LogP contribution is -2.39. The molecule has 1 saturated heterocycles. The quantitative estimate of drug-likeness (QED) is 0.698. The topological polar surface area (TPSA) is 61.4 Å². The molecule has 2 N–H and O–H groups in total. The number of carbonyl (C=O) groups excluding carboxylic acids is 2. The zero-order valence-electron chi connectivity index (χ0n) is 15.1. The predicted octanol–water partition coefficient (Wildman–Crippen LogP) is 2.53. The van der Waals surface area contributed by atoms with Crippen molar-refractivity contribution in [2.75, 3.05) is 20.1 Å². The van der Waals surface area contributed by atoms with Crippen LogP contribution in [0.15, 0.2) is 16.8 Å². The van der Waals surface area contributed by atoms with E-state index in [-0.39, 0.29) is 11.8 Å². The first kappa shape index (κ1) is 18.4. The van der Waals surface area contributed by atoms with Gasteiger partial charge in [0.15, 0.2) is 0 Å². The van der Waals surface area contributed by atoms with Gasteiger partial charge < -0.3 is 15.5 Å². The number of amides is 2. The standard InChI is InChI=1S/C19H29N3O2S/c1-20-17(23)4-2-3-5-18(24)22(13-15-6-11-25-14-15)16-12-19(16)7-9-21-10-8-19/h6,11,14,16,21H,2-5,7-10,12-13H2,1H3,(H,20,23). The fourth-order valence-electron chi connectivity index (χ4n) is 4.01. The molecule has 3 rings (SSSR count). The Morgan fingerprint density at radius 3 is 2.76 bits per heavy atom. The van der Waals surface area contributed by atoms with E-state index in [2.05, 4.69) is 32.4 Å². The summed E-state index contributed by atoms with van der Waals surface area (Å²) in [6.07, 6.45) is 6.14. The summed E-state index contributed by atoms with van der Waals surface area (Å²) >= 11 is 1.69. The zero-order chi connectivity index (χ0) is 17.7. The van der Waals surface area contributed by atoms with Gasteiger partial charge in [0.25, 0.3) is 0 Å². The molecule has 1 atom stereocenters. The molecule has 1 aliphatic heterocycles. The predicted molar refractivity (Wildman–Crippen MR) is 100 cm³/mol. The summed E-state index contributed by atoms with van der Waals surface area (Å²) in [6.45, 7) is 2.88. The Kier molecular flexibility index (Phi) is 6.12. The molecular weight excluding hydrogens is 334 g/mol. The third-order valence-corrected chi connectivity index (χ3v) is 6.43. The minimum absolute atomic E-state index is 0.0541. The first-order chi connectivity index (χ1) is 12.1. The second kappa shape index (κ2) is 8.32. The van der Waals surface area contributed by atoms with Crippen molar-refractivity contribution in [2.45, 2.75) is 57.5 Å². The van der Waals surface area contributed by atoms with Crippen molar-refractivity contribution in [1.82, 2.24) is 15.5 Å². The maximum atomic E-state index is 12.9. The average molecular weight is 364 g/mol. The molecule has 1 aromatic heterocycles. The summed E-state index contributed by atoms with van der Waals surface area (Å²) in [4.78, 5) is 26.3. The van der Waals surface area contributed by atoms with Crippen LogP contribution >= 0.6 is 11.3 Å². The number of carbonyl (C=O) groups is 2. The van der Waals surface area contributed by atoms with Gasteiger partial charge in [-0.1, -0.05) is 0 Å². The molecule has 2 aliphatic rings. The van der Waals surface area contributed by atoms with Gasteiger partial charge in [-0.2, -0.15) is 11.3 Å². The molecule has 0 radical (unpaired) electrons. The van der Waals surface area contributed by atoms with E-state index in [0.29, 0.717) is 24.3 Å². The van der Waals surface area contributed by atoms with Crippen molar-refractivity contribution >= 4 is 23.2 Å². The highest BCUT2D eigenvalue weighted by Gasteiger charge is 2.57. The number of nitrogens with zero attached hydrogens (tertiary/aromatic N) is 1. The second-order valence-corrected chi connectivity index (χ2v) is 8.15. The molecule has 2 heterocycles. The molecule has 25 heavy (non-hydrogen) atoms. The molecule has 2 amide bonds. The Hall–Kier alpha value is -1.40. The van der Waals surface area contributed by atoms with Crippen LogP contribution in [0.25, 0.3) is 0 Å². The molecule has 1 spiro atoms. The van der Waals surface area contributed by atoms with Crippen LogP contribution in [0.4, 0.5) is 0 Å². The number of rotatable bonds is 8. The summed E-state index contributed by atoms with van der Waals surface area (Å²) in [5, 5.41) is 10.3. The van der Waals surface area contributed by atoms with Crippen LogP contribution in [0.5, 0.6) is 0 Å². The molecule has 1 aliphatic carbocycles. The zero-order valence-corrected chi connectivity index (χ0v) is 15.9. The van der Waals surface area contributed by atoms with Crippen molar-refractivity contribution in [3.05, 3.63) is 22.4 Å². The number of hydrogen-bond acceptors (Lipinski definition) is 4. The maximum absolute atomic E-state index is 12.9. The smallest absolute Gasteiger partial charge is 0.223 e. The number of thiophene rings is 1. The lowest BCUT2D eigenvalue weighted by Gasteiger charge is -2.29. The average Bonchev–Trinajstić information content (AvgIpc) is 3.06. The SMILES string of the molecule is CNC(=O)CCCCC(=O)N(Cc1ccsc1)C1CC12CCNCC2. The number of piperidine rings is 1. The van der Waals surface area contributed by atoms with E-state index in [9.17, 15) is 9.59 Å². The van der Waals surface area contributed by atoms with Gasteiger partial charge in [0.1, 0.15) is 0 Å². The Labute approximate surface area is 154 Å². The van der Waals surface area contributed by atoms with Crippen LogP contribution in [0.2, 0.25) is 0 Å². The first-order valence-corrected chi connectivity index (χ1v) is 10.3. The van der Waals surface area contributed by atoms with E-state index in [1.54, 1.807) is 18.4 Å². The van der Waals surface area contributed by atoms with E-state index in [1.807, 2.05) is 0 Å². The van der Waals surface area contributed by atoms with Gasteiger partial charge >= 0.3 is 0 Å². The van der Waals surface area contributed by atoms with Gasteiger partial charge in [0.2, 0.25) is 11.8 Å². The molecule has 1 unspecified atom stereocenters. The summed E-state index contributed by atoms with van der Waals surface area (Å²) in [6, 6.07) is 2.52. The van der Waals surface area contributed by atoms with E-state index < -0.39 is 0 Å². The summed E-state index contributed by atoms with van der Waals surface area (Å²) < 4.78 is 0. The van der Waals surface area contributed by atoms with Gasteiger partial charge in [-0.3, -0.25) is 9.59 Å². The molecule has 5 nitrogen and oxygen atoms in total. The fraction of sp³-hybridized carbons (Fsp3) is 0.684. The van der Waals surface area contributed by atoms with E-state index in [4.69, 9.17) is 0 Å². The van der Waals surface area contributed by atoms with Crippen LogP contribution in [0, 0.1) is 5.41 Å². The fourth-order valence-corrected chi connectivity index (χ4v) is 4.67. The Balaban J connectivity index is 1.56. The number of unbranched alkanes of at least 4 members (excludes halogenated alkanes) is 1. The van der Waals surface area contributed by atoms with Gasteiger partial charge in [0.05, 0.1) is 0 Å². The third kappa shape index (κ3) is 4.61. The summed E-state index contributed by atoms with van der Waals surface area (Å²) in [7, 11) is 1.65. The Morgan fingerprint density at radius 1 is 1.32 bits per heavy atom. The normalized spacial score (nSPS) is 21.1. The van der Waals surface area contributed by atoms with E-state index in [1.165, 1.54) is 18.4 Å². The lowest BCUT2D eigenvalue weighted by molar-refractivity contribution is -0.133. The number of hydrogen-bond donors (Lipinski definition) is 2. The van der Waals surface area contributed by atoms with E-state index >= 15 is 0 Å². The van der Waals surface area contributed by atoms with Gasteiger partial charge in [0, 0.05) is 32.5 Å². The lowest BCUT2D eigenvalue weighted by atomic mass is 9.93. The van der Waals surface area contributed by atoms with Crippen LogP contribution in [-0.2, 0) is 16.1 Å². The van der Waals surface area contributed by atoms with Crippen molar-refractivity contribution < 1.29 is 9.59 Å². The van der Waals surface area contributed by atoms with Crippen LogP contribution in [0.1, 0.15) is 50.5 Å². The highest BCUT2D eigenvalue weighted by Crippen LogP contribution is 2.56. The molecule has 2 fully saturated rings. The number of nitrogens with one attached hydrogen (secondary N) is 2. The van der Waals surface area contributed by atoms with Crippen molar-refractivity contribution in [1.29, 1.82) is 0 Å². The third-order valence-electron chi connectivity index (χ3n) is 5.70. The molecule has 0 aromatic carbocycles. The maximum Gasteiger partial charge on any atom is 0.223 e. The Bertz CT molecular complexity index is 581. The molecule has 6 heteroatoms. The van der Waals surface area contributed by atoms with Crippen molar-refractivity contribution in [3.8, 4) is 0 Å². The highest BCUT2D eigenvalue weighted by molar-refractivity contribution is 7.07. The second-order valence-electron chi connectivity index (χ2n) is 7.37. The van der Waals surface area contributed by atoms with Crippen molar-refractivity contribution in [2.24, 2.45) is 5.41 Å². The molecule has 0 bridgehead atoms. The monoisotopic (exact) mass is 363 g/mol. The highest BCUT2D eigenvalue weighted by atomic mass is 32.1. The van der Waals surface area contributed by atoms with Gasteiger partial charge in [-0.25, -0.2) is 0 Å². The van der Waals surface area contributed by atoms with Crippen LogP contribution < -0.4 is 10.6 Å². The summed E-state index contributed by atoms with van der Waals surface area (Å²) in [5.74, 6) is 0.307. The first-order valence-electron chi connectivity index (χ1n) is 9.36. The summed E-state index contributed by atoms with van der Waals surface area (Å²) in [5.41, 5.74) is 1.60. The minimum atomic E-state index is 0.0541.